The SMILES string of the molecule is CCCCCCCCCCCC=C[C@H]1C=CC(=O)[C@@H]1CC(C)=C=CCC(O)C(=O)O. The van der Waals surface area contributed by atoms with E-state index in [9.17, 15) is 14.7 Å². The summed E-state index contributed by atoms with van der Waals surface area (Å²) < 4.78 is 0. The topological polar surface area (TPSA) is 74.6 Å². The smallest absolute Gasteiger partial charge is 0.332 e. The summed E-state index contributed by atoms with van der Waals surface area (Å²) in [7, 11) is 0. The van der Waals surface area contributed by atoms with Crippen LogP contribution in [0.2, 0.25) is 0 Å². The third-order valence-corrected chi connectivity index (χ3v) is 5.65. The van der Waals surface area contributed by atoms with E-state index in [0.29, 0.717) is 6.42 Å². The number of allylic oxidation sites excluding steroid dienone is 4. The van der Waals surface area contributed by atoms with E-state index in [-0.39, 0.29) is 24.0 Å². The van der Waals surface area contributed by atoms with Crippen LogP contribution >= 0.6 is 0 Å². The summed E-state index contributed by atoms with van der Waals surface area (Å²) in [4.78, 5) is 22.8. The van der Waals surface area contributed by atoms with Crippen molar-refractivity contribution in [2.24, 2.45) is 11.8 Å². The second-order valence-electron chi connectivity index (χ2n) is 8.41. The van der Waals surface area contributed by atoms with Crippen LogP contribution in [0.4, 0.5) is 0 Å². The number of aliphatic hydroxyl groups excluding tert-OH is 1. The van der Waals surface area contributed by atoms with Gasteiger partial charge < -0.3 is 10.2 Å². The molecule has 30 heavy (non-hydrogen) atoms. The fourth-order valence-electron chi connectivity index (χ4n) is 3.75. The standard InChI is InChI=1S/C26H40O4/c1-3-4-5-6-7-8-9-10-11-12-13-16-22-18-19-24(27)23(22)20-21(2)15-14-17-25(28)26(29)30/h13-14,16,18-19,22-23,25,28H,3-12,17,20H2,1-2H3,(H,29,30)/t15?,22-,23+,25?/m0/s1. The Morgan fingerprint density at radius 1 is 1.13 bits per heavy atom. The maximum absolute atomic E-state index is 12.2. The number of hydrogen-bond donors (Lipinski definition) is 2. The second-order valence-corrected chi connectivity index (χ2v) is 8.41. The first kappa shape index (κ1) is 26.1. The summed E-state index contributed by atoms with van der Waals surface area (Å²) in [6.45, 7) is 4.14. The lowest BCUT2D eigenvalue weighted by Gasteiger charge is -2.14. The summed E-state index contributed by atoms with van der Waals surface area (Å²) in [6, 6.07) is 0. The van der Waals surface area contributed by atoms with Gasteiger partial charge in [-0.1, -0.05) is 76.5 Å². The van der Waals surface area contributed by atoms with Gasteiger partial charge >= 0.3 is 5.97 Å². The zero-order valence-electron chi connectivity index (χ0n) is 18.8. The number of aliphatic carboxylic acids is 1. The molecular formula is C26H40O4. The van der Waals surface area contributed by atoms with Gasteiger partial charge in [0.25, 0.3) is 0 Å². The molecule has 1 aliphatic carbocycles. The highest BCUT2D eigenvalue weighted by Crippen LogP contribution is 2.29. The number of hydrogen-bond acceptors (Lipinski definition) is 3. The van der Waals surface area contributed by atoms with Crippen molar-refractivity contribution in [2.75, 3.05) is 0 Å². The van der Waals surface area contributed by atoms with Crippen molar-refractivity contribution in [2.45, 2.75) is 97.0 Å². The van der Waals surface area contributed by atoms with Crippen molar-refractivity contribution in [3.63, 3.8) is 0 Å². The van der Waals surface area contributed by atoms with Gasteiger partial charge in [0.2, 0.25) is 0 Å². The monoisotopic (exact) mass is 416 g/mol. The minimum absolute atomic E-state index is 0.0195. The van der Waals surface area contributed by atoms with Gasteiger partial charge in [-0.3, -0.25) is 4.79 Å². The highest BCUT2D eigenvalue weighted by atomic mass is 16.4. The van der Waals surface area contributed by atoms with E-state index in [1.807, 2.05) is 13.0 Å². The Labute approximate surface area is 182 Å². The summed E-state index contributed by atoms with van der Waals surface area (Å²) >= 11 is 0. The molecule has 0 aliphatic heterocycles. The minimum Gasteiger partial charge on any atom is -0.479 e. The largest absolute Gasteiger partial charge is 0.479 e. The molecule has 0 aromatic carbocycles. The molecule has 0 fully saturated rings. The van der Waals surface area contributed by atoms with Crippen molar-refractivity contribution in [3.05, 3.63) is 41.7 Å². The van der Waals surface area contributed by atoms with E-state index in [1.165, 1.54) is 63.9 Å². The maximum Gasteiger partial charge on any atom is 0.332 e. The molecule has 4 nitrogen and oxygen atoms in total. The van der Waals surface area contributed by atoms with E-state index in [2.05, 4.69) is 24.8 Å². The van der Waals surface area contributed by atoms with Gasteiger partial charge in [-0.15, -0.1) is 5.73 Å². The Kier molecular flexibility index (Phi) is 13.8. The number of rotatable bonds is 16. The molecule has 168 valence electrons. The van der Waals surface area contributed by atoms with Crippen LogP contribution in [0.15, 0.2) is 41.7 Å². The summed E-state index contributed by atoms with van der Waals surface area (Å²) in [5.74, 6) is -1.08. The minimum atomic E-state index is -1.41. The van der Waals surface area contributed by atoms with Crippen LogP contribution in [0.5, 0.6) is 0 Å². The molecule has 0 saturated heterocycles. The summed E-state index contributed by atoms with van der Waals surface area (Å²) in [6.07, 6.45) is 21.7. The van der Waals surface area contributed by atoms with Gasteiger partial charge in [0.15, 0.2) is 11.9 Å². The van der Waals surface area contributed by atoms with E-state index in [4.69, 9.17) is 5.11 Å². The molecule has 2 N–H and O–H groups in total. The molecule has 1 unspecified atom stereocenters. The Bertz CT molecular complexity index is 637. The van der Waals surface area contributed by atoms with E-state index in [0.717, 1.165) is 12.0 Å². The average molecular weight is 417 g/mol. The fourth-order valence-corrected chi connectivity index (χ4v) is 3.75. The van der Waals surface area contributed by atoms with Crippen LogP contribution in [0, 0.1) is 11.8 Å². The third kappa shape index (κ3) is 11.3. The van der Waals surface area contributed by atoms with Gasteiger partial charge in [-0.2, -0.15) is 0 Å². The van der Waals surface area contributed by atoms with Gasteiger partial charge in [0.05, 0.1) is 0 Å². The molecule has 0 aromatic heterocycles. The number of carbonyl (C=O) groups is 2. The van der Waals surface area contributed by atoms with Crippen LogP contribution in [0.25, 0.3) is 0 Å². The van der Waals surface area contributed by atoms with Crippen molar-refractivity contribution >= 4 is 11.8 Å². The molecule has 0 aromatic rings. The number of carbonyl (C=O) groups excluding carboxylic acids is 1. The predicted molar refractivity (Wildman–Crippen MR) is 122 cm³/mol. The lowest BCUT2D eigenvalue weighted by Crippen LogP contribution is -2.17. The number of aliphatic hydroxyl groups is 1. The first-order valence-electron chi connectivity index (χ1n) is 11.7. The van der Waals surface area contributed by atoms with Crippen LogP contribution in [0.1, 0.15) is 90.9 Å². The molecule has 4 heteroatoms. The number of unbranched alkanes of at least 4 members (excludes halogenated alkanes) is 9. The molecule has 1 aliphatic rings. The second kappa shape index (κ2) is 15.9. The molecule has 0 amide bonds. The summed E-state index contributed by atoms with van der Waals surface area (Å²) in [5.41, 5.74) is 3.91. The lowest BCUT2D eigenvalue weighted by molar-refractivity contribution is -0.146. The van der Waals surface area contributed by atoms with Gasteiger partial charge in [0, 0.05) is 18.3 Å². The molecule has 0 radical (unpaired) electrons. The van der Waals surface area contributed by atoms with Crippen LogP contribution in [0.3, 0.4) is 0 Å². The zero-order chi connectivity index (χ0) is 22.2. The Hall–Kier alpha value is -1.90. The quantitative estimate of drug-likeness (QED) is 0.179. The highest BCUT2D eigenvalue weighted by Gasteiger charge is 2.28. The van der Waals surface area contributed by atoms with Crippen molar-refractivity contribution < 1.29 is 19.8 Å². The van der Waals surface area contributed by atoms with Gasteiger partial charge in [0.1, 0.15) is 0 Å². The molecule has 0 saturated carbocycles. The maximum atomic E-state index is 12.2. The average Bonchev–Trinajstić information content (AvgIpc) is 3.05. The molecular weight excluding hydrogens is 376 g/mol. The van der Waals surface area contributed by atoms with Crippen molar-refractivity contribution in [1.82, 2.24) is 0 Å². The van der Waals surface area contributed by atoms with Crippen LogP contribution < -0.4 is 0 Å². The number of ketones is 1. The van der Waals surface area contributed by atoms with Crippen LogP contribution in [-0.4, -0.2) is 28.1 Å². The molecule has 3 atom stereocenters. The Morgan fingerprint density at radius 2 is 1.77 bits per heavy atom. The fraction of sp³-hybridized carbons (Fsp3) is 0.654. The molecule has 0 heterocycles. The first-order chi connectivity index (χ1) is 14.5. The normalized spacial score (nSPS) is 19.2. The lowest BCUT2D eigenvalue weighted by atomic mass is 9.88. The first-order valence-corrected chi connectivity index (χ1v) is 11.7. The van der Waals surface area contributed by atoms with E-state index >= 15 is 0 Å². The van der Waals surface area contributed by atoms with Gasteiger partial charge in [-0.05, 0) is 43.9 Å². The third-order valence-electron chi connectivity index (χ3n) is 5.65. The predicted octanol–water partition coefficient (Wildman–Crippen LogP) is 6.16. The Balaban J connectivity index is 2.31. The number of carboxylic acid groups (broad SMARTS) is 1. The van der Waals surface area contributed by atoms with E-state index < -0.39 is 12.1 Å². The Morgan fingerprint density at radius 3 is 2.40 bits per heavy atom. The van der Waals surface area contributed by atoms with Crippen molar-refractivity contribution in [1.29, 1.82) is 0 Å². The van der Waals surface area contributed by atoms with Gasteiger partial charge in [-0.25, -0.2) is 4.79 Å². The molecule has 0 bridgehead atoms. The summed E-state index contributed by atoms with van der Waals surface area (Å²) in [5, 5.41) is 18.0. The molecule has 0 spiro atoms. The van der Waals surface area contributed by atoms with Crippen molar-refractivity contribution in [3.8, 4) is 0 Å². The van der Waals surface area contributed by atoms with Crippen LogP contribution in [-0.2, 0) is 9.59 Å². The highest BCUT2D eigenvalue weighted by molar-refractivity contribution is 5.95. The van der Waals surface area contributed by atoms with E-state index in [1.54, 1.807) is 6.08 Å². The number of carboxylic acids is 1. The molecule has 1 rings (SSSR count). The zero-order valence-corrected chi connectivity index (χ0v) is 18.8.